The van der Waals surface area contributed by atoms with E-state index < -0.39 is 18.5 Å². The number of ether oxygens (including phenoxy) is 1. The van der Waals surface area contributed by atoms with Gasteiger partial charge in [-0.1, -0.05) is 41.4 Å². The van der Waals surface area contributed by atoms with Crippen LogP contribution in [0.2, 0.25) is 10.0 Å². The summed E-state index contributed by atoms with van der Waals surface area (Å²) in [6, 6.07) is 10.7. The Morgan fingerprint density at radius 2 is 1.83 bits per heavy atom. The smallest absolute Gasteiger partial charge is 0.257 e. The van der Waals surface area contributed by atoms with Gasteiger partial charge in [-0.05, 0) is 37.1 Å². The van der Waals surface area contributed by atoms with Crippen molar-refractivity contribution >= 4 is 34.1 Å². The Kier molecular flexibility index (Phi) is 7.20. The summed E-state index contributed by atoms with van der Waals surface area (Å²) in [5, 5.41) is 1.82. The molecular weight excluding hydrogens is 510 g/mol. The number of nitrogens with zero attached hydrogens (tertiary/aromatic N) is 2. The van der Waals surface area contributed by atoms with E-state index in [1.165, 1.54) is 0 Å². The highest BCUT2D eigenvalue weighted by atomic mass is 35.5. The van der Waals surface area contributed by atoms with Crippen molar-refractivity contribution in [2.45, 2.75) is 38.3 Å². The third-order valence-electron chi connectivity index (χ3n) is 7.23. The van der Waals surface area contributed by atoms with Gasteiger partial charge in [0.25, 0.3) is 5.92 Å². The zero-order chi connectivity index (χ0) is 25.6. The van der Waals surface area contributed by atoms with Crippen LogP contribution in [0.3, 0.4) is 0 Å². The van der Waals surface area contributed by atoms with Gasteiger partial charge in [-0.25, -0.2) is 8.78 Å². The highest BCUT2D eigenvalue weighted by Gasteiger charge is 2.41. The van der Waals surface area contributed by atoms with Crippen molar-refractivity contribution in [3.05, 3.63) is 63.3 Å². The fourth-order valence-corrected chi connectivity index (χ4v) is 6.21. The van der Waals surface area contributed by atoms with Gasteiger partial charge in [-0.15, -0.1) is 0 Å². The molecule has 0 spiro atoms. The minimum absolute atomic E-state index is 0.124. The van der Waals surface area contributed by atoms with Gasteiger partial charge in [0.2, 0.25) is 0 Å². The molecule has 36 heavy (non-hydrogen) atoms. The molecule has 2 aliphatic heterocycles. The van der Waals surface area contributed by atoms with Gasteiger partial charge in [-0.2, -0.15) is 0 Å². The molecule has 0 aliphatic carbocycles. The quantitative estimate of drug-likeness (QED) is 0.343. The van der Waals surface area contributed by atoms with Crippen molar-refractivity contribution in [3.63, 3.8) is 0 Å². The number of H-pyrrole nitrogens is 1. The zero-order valence-electron chi connectivity index (χ0n) is 20.3. The molecular formula is C27H30Cl2F3N3O. The highest BCUT2D eigenvalue weighted by molar-refractivity contribution is 6.36. The lowest BCUT2D eigenvalue weighted by atomic mass is 9.88. The first kappa shape index (κ1) is 25.7. The molecule has 194 valence electrons. The molecule has 0 bridgehead atoms. The molecule has 4 nitrogen and oxygen atoms in total. The number of hydrogen-bond donors (Lipinski definition) is 1. The molecule has 1 aromatic heterocycles. The summed E-state index contributed by atoms with van der Waals surface area (Å²) in [4.78, 5) is 7.39. The monoisotopic (exact) mass is 539 g/mol. The molecule has 0 radical (unpaired) electrons. The number of para-hydroxylation sites is 1. The zero-order valence-corrected chi connectivity index (χ0v) is 21.9. The fraction of sp³-hybridized carbons (Fsp3) is 0.481. The van der Waals surface area contributed by atoms with Gasteiger partial charge in [-0.3, -0.25) is 14.2 Å². The first-order chi connectivity index (χ1) is 17.1. The molecule has 5 rings (SSSR count). The molecule has 2 aromatic carbocycles. The van der Waals surface area contributed by atoms with Crippen LogP contribution in [0, 0.1) is 5.92 Å². The average Bonchev–Trinajstić information content (AvgIpc) is 3.14. The predicted octanol–water partition coefficient (Wildman–Crippen LogP) is 6.75. The largest absolute Gasteiger partial charge is 0.492 e. The molecule has 1 saturated heterocycles. The van der Waals surface area contributed by atoms with Crippen LogP contribution >= 0.6 is 23.2 Å². The van der Waals surface area contributed by atoms with E-state index in [0.29, 0.717) is 40.9 Å². The van der Waals surface area contributed by atoms with Crippen molar-refractivity contribution in [2.75, 3.05) is 39.5 Å². The molecule has 2 aliphatic rings. The first-order valence-corrected chi connectivity index (χ1v) is 13.0. The Balaban J connectivity index is 1.47. The van der Waals surface area contributed by atoms with Crippen molar-refractivity contribution in [3.8, 4) is 5.75 Å². The number of aromatic amines is 1. The lowest BCUT2D eigenvalue weighted by Crippen LogP contribution is -2.49. The highest BCUT2D eigenvalue weighted by Crippen LogP contribution is 2.46. The molecule has 9 heteroatoms. The van der Waals surface area contributed by atoms with Crippen molar-refractivity contribution in [1.29, 1.82) is 0 Å². The van der Waals surface area contributed by atoms with E-state index in [9.17, 15) is 13.2 Å². The normalized spacial score (nSPS) is 21.5. The molecule has 0 unspecified atom stereocenters. The van der Waals surface area contributed by atoms with Crippen LogP contribution < -0.4 is 4.74 Å². The van der Waals surface area contributed by atoms with Crippen molar-refractivity contribution in [1.82, 2.24) is 14.8 Å². The topological polar surface area (TPSA) is 31.5 Å². The van der Waals surface area contributed by atoms with Crippen LogP contribution in [-0.4, -0.2) is 66.2 Å². The minimum Gasteiger partial charge on any atom is -0.492 e. The van der Waals surface area contributed by atoms with Crippen LogP contribution in [0.5, 0.6) is 5.75 Å². The van der Waals surface area contributed by atoms with E-state index in [1.54, 1.807) is 17.0 Å². The first-order valence-electron chi connectivity index (χ1n) is 12.3. The number of benzene rings is 2. The second-order valence-electron chi connectivity index (χ2n) is 10.2. The van der Waals surface area contributed by atoms with E-state index in [-0.39, 0.29) is 18.6 Å². The Hall–Kier alpha value is -1.93. The maximum Gasteiger partial charge on any atom is 0.257 e. The second-order valence-corrected chi connectivity index (χ2v) is 11.0. The van der Waals surface area contributed by atoms with E-state index in [1.807, 2.05) is 31.2 Å². The lowest BCUT2D eigenvalue weighted by molar-refractivity contribution is -0.0366. The van der Waals surface area contributed by atoms with Crippen LogP contribution in [0.1, 0.15) is 36.7 Å². The standard InChI is InChI=1S/C27H30Cl2F3N3O/c1-16-9-20-19-5-3-4-6-23(19)33-25(20)26(35(16)15-27(2,31)32)24-21(28)10-18(11-22(24)29)36-8-7-34-13-17(12-30)14-34/h3-6,10-11,16-17,26,33H,7-9,12-15H2,1-2H3/t16-,26-/m1/s1. The predicted molar refractivity (Wildman–Crippen MR) is 138 cm³/mol. The van der Waals surface area contributed by atoms with Gasteiger partial charge in [0.15, 0.2) is 0 Å². The third-order valence-corrected chi connectivity index (χ3v) is 7.86. The SMILES string of the molecule is C[C@@H]1Cc2c([nH]c3ccccc23)[C@@H](c2c(Cl)cc(OCCN3CC(CF)C3)cc2Cl)N1CC(C)(F)F. The van der Waals surface area contributed by atoms with E-state index >= 15 is 0 Å². The molecule has 0 amide bonds. The summed E-state index contributed by atoms with van der Waals surface area (Å²) < 4.78 is 47.2. The lowest BCUT2D eigenvalue weighted by Gasteiger charge is -2.42. The van der Waals surface area contributed by atoms with Gasteiger partial charge in [0.05, 0.1) is 29.3 Å². The number of halogens is 5. The van der Waals surface area contributed by atoms with E-state index in [2.05, 4.69) is 9.88 Å². The van der Waals surface area contributed by atoms with Crippen LogP contribution in [-0.2, 0) is 6.42 Å². The number of likely N-dealkylation sites (tertiary alicyclic amines) is 1. The molecule has 1 fully saturated rings. The van der Waals surface area contributed by atoms with Gasteiger partial charge in [0.1, 0.15) is 12.4 Å². The van der Waals surface area contributed by atoms with E-state index in [0.717, 1.165) is 42.2 Å². The molecule has 3 aromatic rings. The fourth-order valence-electron chi connectivity index (χ4n) is 5.54. The maximum absolute atomic E-state index is 14.3. The Morgan fingerprint density at radius 1 is 1.14 bits per heavy atom. The second kappa shape index (κ2) is 10.1. The Labute approximate surface area is 219 Å². The number of fused-ring (bicyclic) bond motifs is 3. The summed E-state index contributed by atoms with van der Waals surface area (Å²) >= 11 is 13.6. The Morgan fingerprint density at radius 3 is 2.50 bits per heavy atom. The van der Waals surface area contributed by atoms with Gasteiger partial charge in [0, 0.05) is 60.7 Å². The van der Waals surface area contributed by atoms with Gasteiger partial charge >= 0.3 is 0 Å². The van der Waals surface area contributed by atoms with E-state index in [4.69, 9.17) is 27.9 Å². The third kappa shape index (κ3) is 5.08. The summed E-state index contributed by atoms with van der Waals surface area (Å²) in [6.07, 6.45) is 0.641. The van der Waals surface area contributed by atoms with Gasteiger partial charge < -0.3 is 9.72 Å². The van der Waals surface area contributed by atoms with Crippen LogP contribution in [0.25, 0.3) is 10.9 Å². The van der Waals surface area contributed by atoms with Crippen LogP contribution in [0.4, 0.5) is 13.2 Å². The summed E-state index contributed by atoms with van der Waals surface area (Å²) in [5.74, 6) is -2.25. The summed E-state index contributed by atoms with van der Waals surface area (Å²) in [5.41, 5.74) is 3.49. The molecule has 3 heterocycles. The minimum atomic E-state index is -2.89. The Bertz CT molecular complexity index is 1220. The molecule has 0 saturated carbocycles. The number of nitrogens with one attached hydrogen (secondary N) is 1. The number of rotatable bonds is 8. The van der Waals surface area contributed by atoms with Crippen molar-refractivity contribution in [2.24, 2.45) is 5.92 Å². The number of alkyl halides is 3. The maximum atomic E-state index is 14.3. The molecule has 1 N–H and O–H groups in total. The average molecular weight is 540 g/mol. The summed E-state index contributed by atoms with van der Waals surface area (Å²) in [7, 11) is 0. The number of aromatic nitrogens is 1. The number of hydrogen-bond acceptors (Lipinski definition) is 3. The summed E-state index contributed by atoms with van der Waals surface area (Å²) in [6.45, 7) is 4.78. The molecule has 2 atom stereocenters. The van der Waals surface area contributed by atoms with Crippen LogP contribution in [0.15, 0.2) is 36.4 Å². The van der Waals surface area contributed by atoms with Crippen molar-refractivity contribution < 1.29 is 17.9 Å².